The molecule has 1 fully saturated rings. The van der Waals surface area contributed by atoms with Crippen molar-refractivity contribution in [3.63, 3.8) is 0 Å². The molecule has 1 aliphatic heterocycles. The molecule has 0 spiro atoms. The summed E-state index contributed by atoms with van der Waals surface area (Å²) in [4.78, 5) is 0. The van der Waals surface area contributed by atoms with E-state index >= 15 is 0 Å². The molecule has 106 valence electrons. The fourth-order valence-corrected chi connectivity index (χ4v) is 2.95. The summed E-state index contributed by atoms with van der Waals surface area (Å²) < 4.78 is 10.7. The molecule has 4 heteroatoms. The van der Waals surface area contributed by atoms with E-state index in [1.807, 2.05) is 12.1 Å². The van der Waals surface area contributed by atoms with Crippen molar-refractivity contribution in [1.29, 1.82) is 0 Å². The van der Waals surface area contributed by atoms with Gasteiger partial charge in [-0.3, -0.25) is 0 Å². The van der Waals surface area contributed by atoms with Crippen molar-refractivity contribution in [2.24, 2.45) is 0 Å². The molecule has 0 bridgehead atoms. The van der Waals surface area contributed by atoms with Gasteiger partial charge in [-0.25, -0.2) is 0 Å². The predicted octanol–water partition coefficient (Wildman–Crippen LogP) is 1.71. The summed E-state index contributed by atoms with van der Waals surface area (Å²) in [6, 6.07) is 6.08. The summed E-state index contributed by atoms with van der Waals surface area (Å²) in [6.45, 7) is 2.17. The average molecular weight is 265 g/mol. The van der Waals surface area contributed by atoms with E-state index in [1.54, 1.807) is 14.2 Å². The largest absolute Gasteiger partial charge is 0.493 e. The molecule has 2 N–H and O–H groups in total. The van der Waals surface area contributed by atoms with Crippen LogP contribution in [0.4, 0.5) is 0 Å². The summed E-state index contributed by atoms with van der Waals surface area (Å²) in [5.41, 5.74) is 1.22. The lowest BCUT2D eigenvalue weighted by Crippen LogP contribution is -2.44. The molecular weight excluding hydrogens is 242 g/mol. The molecule has 0 saturated carbocycles. The van der Waals surface area contributed by atoms with E-state index in [4.69, 9.17) is 9.47 Å². The number of aliphatic hydroxyl groups is 1. The Balaban J connectivity index is 2.36. The minimum absolute atomic E-state index is 0.00650. The van der Waals surface area contributed by atoms with Crippen molar-refractivity contribution in [2.75, 3.05) is 33.9 Å². The number of methoxy groups -OCH3 is 2. The number of piperidine rings is 1. The van der Waals surface area contributed by atoms with E-state index in [0.29, 0.717) is 0 Å². The van der Waals surface area contributed by atoms with Gasteiger partial charge in [0.1, 0.15) is 0 Å². The first-order chi connectivity index (χ1) is 9.25. The SMILES string of the molecule is COc1ccc(C2(CCO)CCCNC2)cc1OC. The highest BCUT2D eigenvalue weighted by molar-refractivity contribution is 5.45. The molecule has 1 aromatic rings. The Morgan fingerprint density at radius 2 is 2.05 bits per heavy atom. The summed E-state index contributed by atoms with van der Waals surface area (Å²) >= 11 is 0. The zero-order valence-electron chi connectivity index (χ0n) is 11.7. The normalized spacial score (nSPS) is 23.1. The Bertz CT molecular complexity index is 408. The highest BCUT2D eigenvalue weighted by Crippen LogP contribution is 2.38. The molecule has 0 aromatic heterocycles. The summed E-state index contributed by atoms with van der Waals surface area (Å²) in [6.07, 6.45) is 3.00. The molecule has 0 radical (unpaired) electrons. The second kappa shape index (κ2) is 6.26. The van der Waals surface area contributed by atoms with Crippen LogP contribution in [0.3, 0.4) is 0 Å². The Labute approximate surface area is 114 Å². The van der Waals surface area contributed by atoms with Gasteiger partial charge in [0, 0.05) is 18.6 Å². The molecule has 0 aliphatic carbocycles. The molecule has 4 nitrogen and oxygen atoms in total. The van der Waals surface area contributed by atoms with Crippen LogP contribution in [0.5, 0.6) is 11.5 Å². The van der Waals surface area contributed by atoms with Gasteiger partial charge in [0.2, 0.25) is 0 Å². The lowest BCUT2D eigenvalue weighted by atomic mass is 9.72. The van der Waals surface area contributed by atoms with E-state index in [0.717, 1.165) is 43.9 Å². The summed E-state index contributed by atoms with van der Waals surface area (Å²) in [7, 11) is 3.29. The maximum Gasteiger partial charge on any atom is 0.161 e. The number of benzene rings is 1. The first-order valence-electron chi connectivity index (χ1n) is 6.80. The first-order valence-corrected chi connectivity index (χ1v) is 6.80. The van der Waals surface area contributed by atoms with Gasteiger partial charge >= 0.3 is 0 Å². The zero-order valence-corrected chi connectivity index (χ0v) is 11.7. The number of nitrogens with one attached hydrogen (secondary N) is 1. The van der Waals surface area contributed by atoms with Gasteiger partial charge in [-0.05, 0) is 43.5 Å². The van der Waals surface area contributed by atoms with Crippen molar-refractivity contribution < 1.29 is 14.6 Å². The van der Waals surface area contributed by atoms with Crippen LogP contribution < -0.4 is 14.8 Å². The molecule has 1 unspecified atom stereocenters. The standard InChI is InChI=1S/C15H23NO3/c1-18-13-5-4-12(10-14(13)19-2)15(7-9-17)6-3-8-16-11-15/h4-5,10,16-17H,3,6-9,11H2,1-2H3. The molecule has 1 saturated heterocycles. The van der Waals surface area contributed by atoms with Crippen LogP contribution in [0.15, 0.2) is 18.2 Å². The van der Waals surface area contributed by atoms with Crippen LogP contribution in [0, 0.1) is 0 Å². The highest BCUT2D eigenvalue weighted by Gasteiger charge is 2.33. The van der Waals surface area contributed by atoms with Crippen LogP contribution in [-0.2, 0) is 5.41 Å². The molecule has 1 heterocycles. The Hall–Kier alpha value is -1.26. The third-order valence-corrected chi connectivity index (χ3v) is 4.06. The second-order valence-electron chi connectivity index (χ2n) is 5.10. The Kier molecular flexibility index (Phi) is 4.66. The molecule has 1 aromatic carbocycles. The molecule has 2 rings (SSSR count). The number of rotatable bonds is 5. The molecular formula is C15H23NO3. The minimum atomic E-state index is 0.00650. The third-order valence-electron chi connectivity index (χ3n) is 4.06. The maximum atomic E-state index is 9.39. The predicted molar refractivity (Wildman–Crippen MR) is 75.0 cm³/mol. The Morgan fingerprint density at radius 3 is 2.63 bits per heavy atom. The van der Waals surface area contributed by atoms with E-state index in [2.05, 4.69) is 11.4 Å². The molecule has 0 amide bonds. The van der Waals surface area contributed by atoms with E-state index in [9.17, 15) is 5.11 Å². The second-order valence-corrected chi connectivity index (χ2v) is 5.10. The topological polar surface area (TPSA) is 50.7 Å². The van der Waals surface area contributed by atoms with Crippen LogP contribution in [0.2, 0.25) is 0 Å². The van der Waals surface area contributed by atoms with Crippen molar-refractivity contribution in [3.05, 3.63) is 23.8 Å². The van der Waals surface area contributed by atoms with Gasteiger partial charge < -0.3 is 19.9 Å². The summed E-state index contributed by atoms with van der Waals surface area (Å²) in [5.74, 6) is 1.50. The number of ether oxygens (including phenoxy) is 2. The van der Waals surface area contributed by atoms with Crippen molar-refractivity contribution in [2.45, 2.75) is 24.7 Å². The third kappa shape index (κ3) is 2.85. The van der Waals surface area contributed by atoms with Gasteiger partial charge in [0.05, 0.1) is 14.2 Å². The number of hydrogen-bond donors (Lipinski definition) is 2. The molecule has 19 heavy (non-hydrogen) atoms. The van der Waals surface area contributed by atoms with Crippen LogP contribution >= 0.6 is 0 Å². The smallest absolute Gasteiger partial charge is 0.161 e. The first kappa shape index (κ1) is 14.2. The van der Waals surface area contributed by atoms with Gasteiger partial charge in [-0.1, -0.05) is 6.07 Å². The zero-order chi connectivity index (χ0) is 13.7. The molecule has 1 atom stereocenters. The Morgan fingerprint density at radius 1 is 1.26 bits per heavy atom. The van der Waals surface area contributed by atoms with Gasteiger partial charge in [-0.2, -0.15) is 0 Å². The highest BCUT2D eigenvalue weighted by atomic mass is 16.5. The fraction of sp³-hybridized carbons (Fsp3) is 0.600. The van der Waals surface area contributed by atoms with Gasteiger partial charge in [-0.15, -0.1) is 0 Å². The number of aliphatic hydroxyl groups excluding tert-OH is 1. The summed E-state index contributed by atoms with van der Waals surface area (Å²) in [5, 5.41) is 12.8. The minimum Gasteiger partial charge on any atom is -0.493 e. The quantitative estimate of drug-likeness (QED) is 0.851. The van der Waals surface area contributed by atoms with E-state index in [-0.39, 0.29) is 12.0 Å². The van der Waals surface area contributed by atoms with Gasteiger partial charge in [0.25, 0.3) is 0 Å². The van der Waals surface area contributed by atoms with Crippen molar-refractivity contribution in [3.8, 4) is 11.5 Å². The lowest BCUT2D eigenvalue weighted by molar-refractivity contribution is 0.207. The van der Waals surface area contributed by atoms with Crippen LogP contribution in [0.25, 0.3) is 0 Å². The average Bonchev–Trinajstić information content (AvgIpc) is 2.47. The van der Waals surface area contributed by atoms with Crippen LogP contribution in [-0.4, -0.2) is 39.0 Å². The van der Waals surface area contributed by atoms with Crippen molar-refractivity contribution in [1.82, 2.24) is 5.32 Å². The monoisotopic (exact) mass is 265 g/mol. The molecule has 1 aliphatic rings. The van der Waals surface area contributed by atoms with E-state index in [1.165, 1.54) is 5.56 Å². The maximum absolute atomic E-state index is 9.39. The van der Waals surface area contributed by atoms with Crippen LogP contribution in [0.1, 0.15) is 24.8 Å². The van der Waals surface area contributed by atoms with Gasteiger partial charge in [0.15, 0.2) is 11.5 Å². The lowest BCUT2D eigenvalue weighted by Gasteiger charge is -2.38. The van der Waals surface area contributed by atoms with Crippen molar-refractivity contribution >= 4 is 0 Å². The van der Waals surface area contributed by atoms with E-state index < -0.39 is 0 Å². The fourth-order valence-electron chi connectivity index (χ4n) is 2.95. The number of hydrogen-bond acceptors (Lipinski definition) is 4.